The number of aliphatic carboxylic acids is 2. The Morgan fingerprint density at radius 1 is 0.322 bits per heavy atom. The van der Waals surface area contributed by atoms with Crippen LogP contribution in [0.15, 0.2) is 120 Å². The number of hydrogen-bond donors (Lipinski definition) is 4. The summed E-state index contributed by atoms with van der Waals surface area (Å²) in [6.07, 6.45) is 58.7. The Bertz CT molecular complexity index is 4450. The predicted molar refractivity (Wildman–Crippen MR) is 486 cm³/mol. The van der Waals surface area contributed by atoms with Crippen molar-refractivity contribution in [2.24, 2.45) is 0 Å². The van der Waals surface area contributed by atoms with E-state index in [0.29, 0.717) is 117 Å². The SMILES string of the molecule is CCCCCCCCCCCCOc1cccc(OCCCCCCCCCCCC)c1-c1c2nc(c(C#Cc3ccc(/C=C(/C#N)C(=O)O)cc3)c3ccc([nH]3)c(-c3c(OCCCCCCCCCCCC)cccc3OCCCCCCCCCCCC)c3nc(c(C#Cc4ccc(/C=C(/C#N)C(=O)O)cc4)c4ccc1[nH]4)C=C3)C=C2. The summed E-state index contributed by atoms with van der Waals surface area (Å²) in [5, 5.41) is 38.8. The minimum absolute atomic E-state index is 0.373. The molecule has 8 bridgehead atoms. The van der Waals surface area contributed by atoms with Gasteiger partial charge in [0.05, 0.1) is 82.5 Å². The molecule has 2 aliphatic heterocycles. The summed E-state index contributed by atoms with van der Waals surface area (Å²) < 4.78 is 28.2. The molecule has 5 heterocycles. The number of benzene rings is 4. The highest BCUT2D eigenvalue weighted by atomic mass is 16.5. The second-order valence-electron chi connectivity index (χ2n) is 31.6. The van der Waals surface area contributed by atoms with Crippen LogP contribution in [0.4, 0.5) is 0 Å². The number of aromatic amines is 2. The molecule has 0 amide bonds. The van der Waals surface area contributed by atoms with Crippen molar-refractivity contribution in [1.82, 2.24) is 19.9 Å². The summed E-state index contributed by atoms with van der Waals surface area (Å²) in [4.78, 5) is 43.0. The van der Waals surface area contributed by atoms with E-state index < -0.39 is 11.9 Å². The zero-order chi connectivity index (χ0) is 83.0. The number of aromatic nitrogens is 4. The van der Waals surface area contributed by atoms with Crippen LogP contribution >= 0.6 is 0 Å². The summed E-state index contributed by atoms with van der Waals surface area (Å²) in [6.45, 7) is 11.1. The van der Waals surface area contributed by atoms with Gasteiger partial charge in [-0.05, 0) is 146 Å². The average Bonchev–Trinajstić information content (AvgIpc) is 1.59. The second kappa shape index (κ2) is 52.8. The number of rotatable bonds is 54. The third kappa shape index (κ3) is 30.0. The van der Waals surface area contributed by atoms with Gasteiger partial charge in [-0.15, -0.1) is 0 Å². The molecule has 0 radical (unpaired) electrons. The van der Waals surface area contributed by atoms with E-state index in [4.69, 9.17) is 28.9 Å². The Kier molecular flexibility index (Phi) is 40.8. The first-order valence-electron chi connectivity index (χ1n) is 44.9. The lowest BCUT2D eigenvalue weighted by atomic mass is 10.0. The third-order valence-corrected chi connectivity index (χ3v) is 22.1. The van der Waals surface area contributed by atoms with Crippen LogP contribution in [0.2, 0.25) is 0 Å². The summed E-state index contributed by atoms with van der Waals surface area (Å²) in [6, 6.07) is 38.3. The Balaban J connectivity index is 1.26. The predicted octanol–water partition coefficient (Wildman–Crippen LogP) is 28.0. The first-order chi connectivity index (χ1) is 58.0. The third-order valence-electron chi connectivity index (χ3n) is 22.1. The van der Waals surface area contributed by atoms with Crippen molar-refractivity contribution in [3.63, 3.8) is 0 Å². The van der Waals surface area contributed by atoms with E-state index in [-0.39, 0.29) is 11.1 Å². The number of hydrogen-bond acceptors (Lipinski definition) is 10. The van der Waals surface area contributed by atoms with E-state index in [9.17, 15) is 30.3 Å². The van der Waals surface area contributed by atoms with Crippen molar-refractivity contribution in [1.29, 1.82) is 10.5 Å². The number of nitrogens with one attached hydrogen (secondary N) is 2. The van der Waals surface area contributed by atoms with Crippen molar-refractivity contribution in [3.8, 4) is 81.1 Å². The highest BCUT2D eigenvalue weighted by Crippen LogP contribution is 2.46. The average molecular weight is 1590 g/mol. The van der Waals surface area contributed by atoms with Crippen LogP contribution in [-0.2, 0) is 9.59 Å². The van der Waals surface area contributed by atoms with Crippen LogP contribution in [0.25, 0.3) is 80.8 Å². The lowest BCUT2D eigenvalue weighted by Crippen LogP contribution is -2.04. The molecule has 14 heteroatoms. The molecule has 0 atom stereocenters. The van der Waals surface area contributed by atoms with Gasteiger partial charge in [0.2, 0.25) is 0 Å². The van der Waals surface area contributed by atoms with Crippen LogP contribution in [0.3, 0.4) is 0 Å². The molecule has 14 nitrogen and oxygen atoms in total. The maximum Gasteiger partial charge on any atom is 0.346 e. The Hall–Kier alpha value is -10.8. The molecule has 0 saturated heterocycles. The zero-order valence-electron chi connectivity index (χ0n) is 71.1. The highest BCUT2D eigenvalue weighted by molar-refractivity contribution is 6.00. The van der Waals surface area contributed by atoms with Gasteiger partial charge in [0.1, 0.15) is 46.3 Å². The lowest BCUT2D eigenvalue weighted by Gasteiger charge is -2.18. The van der Waals surface area contributed by atoms with E-state index in [1.807, 2.05) is 97.1 Å². The van der Waals surface area contributed by atoms with Crippen molar-refractivity contribution >= 4 is 70.5 Å². The van der Waals surface area contributed by atoms with Gasteiger partial charge in [0, 0.05) is 33.3 Å². The zero-order valence-corrected chi connectivity index (χ0v) is 71.1. The molecular weight excluding hydrogens is 1460 g/mol. The number of carboxylic acid groups (broad SMARTS) is 2. The maximum atomic E-state index is 11.9. The molecule has 9 rings (SSSR count). The highest BCUT2D eigenvalue weighted by Gasteiger charge is 2.25. The van der Waals surface area contributed by atoms with Gasteiger partial charge in [-0.3, -0.25) is 0 Å². The molecule has 7 aromatic rings. The summed E-state index contributed by atoms with van der Waals surface area (Å²) in [5.74, 6) is 14.2. The van der Waals surface area contributed by atoms with E-state index in [1.54, 1.807) is 36.4 Å². The minimum atomic E-state index is -1.30. The molecule has 0 unspecified atom stereocenters. The molecule has 0 fully saturated rings. The number of nitrogens with zero attached hydrogens (tertiary/aromatic N) is 4. The largest absolute Gasteiger partial charge is 0.493 e. The van der Waals surface area contributed by atoms with Crippen molar-refractivity contribution < 1.29 is 38.7 Å². The normalized spacial score (nSPS) is 11.7. The molecule has 4 N–H and O–H groups in total. The summed E-state index contributed by atoms with van der Waals surface area (Å²) >= 11 is 0. The number of unbranched alkanes of at least 4 members (excludes halogenated alkanes) is 36. The molecule has 0 spiro atoms. The number of carboxylic acids is 2. The van der Waals surface area contributed by atoms with E-state index in [1.165, 1.54) is 192 Å². The smallest absolute Gasteiger partial charge is 0.346 e. The number of ether oxygens (including phenoxy) is 4. The first-order valence-corrected chi connectivity index (χ1v) is 44.9. The van der Waals surface area contributed by atoms with E-state index in [0.717, 1.165) is 110 Å². The van der Waals surface area contributed by atoms with Gasteiger partial charge in [-0.25, -0.2) is 19.6 Å². The molecule has 0 aliphatic carbocycles. The fraction of sp³-hybridized carbons (Fsp3) is 0.462. The van der Waals surface area contributed by atoms with Gasteiger partial charge in [0.15, 0.2) is 0 Å². The molecular formula is C104H128N6O8. The van der Waals surface area contributed by atoms with E-state index in [2.05, 4.69) is 73.5 Å². The molecule has 3 aromatic heterocycles. The van der Waals surface area contributed by atoms with Crippen molar-refractivity contribution in [2.75, 3.05) is 26.4 Å². The van der Waals surface area contributed by atoms with Gasteiger partial charge in [0.25, 0.3) is 0 Å². The molecule has 2 aliphatic rings. The fourth-order valence-corrected chi connectivity index (χ4v) is 15.3. The molecule has 118 heavy (non-hydrogen) atoms. The van der Waals surface area contributed by atoms with Crippen LogP contribution in [0.5, 0.6) is 23.0 Å². The van der Waals surface area contributed by atoms with Crippen LogP contribution < -0.4 is 18.9 Å². The summed E-state index contributed by atoms with van der Waals surface area (Å²) in [7, 11) is 0. The van der Waals surface area contributed by atoms with E-state index >= 15 is 0 Å². The molecule has 0 saturated carbocycles. The van der Waals surface area contributed by atoms with Crippen molar-refractivity contribution in [2.45, 2.75) is 285 Å². The van der Waals surface area contributed by atoms with Crippen LogP contribution in [0, 0.1) is 46.3 Å². The fourth-order valence-electron chi connectivity index (χ4n) is 15.3. The summed E-state index contributed by atoms with van der Waals surface area (Å²) in [5.41, 5.74) is 11.1. The first kappa shape index (κ1) is 91.1. The lowest BCUT2D eigenvalue weighted by molar-refractivity contribution is -0.133. The van der Waals surface area contributed by atoms with Crippen LogP contribution in [-0.4, -0.2) is 68.5 Å². The Labute approximate surface area is 704 Å². The van der Waals surface area contributed by atoms with Crippen molar-refractivity contribution in [3.05, 3.63) is 176 Å². The topological polar surface area (TPSA) is 216 Å². The molecule has 622 valence electrons. The van der Waals surface area contributed by atoms with Gasteiger partial charge in [-0.2, -0.15) is 10.5 Å². The minimum Gasteiger partial charge on any atom is -0.493 e. The monoisotopic (exact) mass is 1590 g/mol. The van der Waals surface area contributed by atoms with Gasteiger partial charge < -0.3 is 39.1 Å². The number of nitriles is 2. The standard InChI is InChI=1S/C104H128N6O8/c1-5-9-13-17-21-25-29-33-37-41-71-115-95-47-45-48-96(116-72-42-38-34-30-26-22-18-14-10-6-2)101(95)99-91-67-63-87(107-91)85(61-59-79-51-55-81(56-52-79)75-83(77-105)103(111)112)89-65-69-93(109-89)100(94-70-66-90(110-94)86(88-64-68-92(99)108-88)62-60-80-53-57-82(58-54-80)76-84(78-106)104(113)114)102-97(117-73-43-39-35-31-27-23-19-15-11-7-3)49-46-50-98(102)118-74-44-40-36-32-28-24-20-16-12-8-4/h45-58,63-70,75-76,107,110H,5-44,71-74H2,1-4H3,(H,111,112)(H,113,114)/b83-75-,84-76-,87-85?,88-86?,89-85?,90-86?,99-91?,99-92?,100-93?,100-94?. The Morgan fingerprint density at radius 3 is 0.839 bits per heavy atom. The number of carbonyl (C=O) groups is 2. The quantitative estimate of drug-likeness (QED) is 0.0121. The van der Waals surface area contributed by atoms with Crippen LogP contribution in [0.1, 0.15) is 341 Å². The van der Waals surface area contributed by atoms with Gasteiger partial charge in [-0.1, -0.05) is 319 Å². The maximum absolute atomic E-state index is 11.9. The molecule has 4 aromatic carbocycles. The van der Waals surface area contributed by atoms with Gasteiger partial charge >= 0.3 is 11.9 Å². The number of fused-ring (bicyclic) bond motifs is 8. The second-order valence-corrected chi connectivity index (χ2v) is 31.6. The Morgan fingerprint density at radius 2 is 0.576 bits per heavy atom. The number of H-pyrrole nitrogens is 2.